The molecule has 0 amide bonds. The second-order valence-electron chi connectivity index (χ2n) is 4.59. The van der Waals surface area contributed by atoms with E-state index in [9.17, 15) is 0 Å². The van der Waals surface area contributed by atoms with Gasteiger partial charge in [0.15, 0.2) is 0 Å². The zero-order valence-electron chi connectivity index (χ0n) is 10.7. The molecular weight excluding hydrogens is 190 g/mol. The fourth-order valence-electron chi connectivity index (χ4n) is 1.17. The first kappa shape index (κ1) is 14.9. The summed E-state index contributed by atoms with van der Waals surface area (Å²) in [6, 6.07) is 0. The molecule has 92 valence electrons. The highest BCUT2D eigenvalue weighted by molar-refractivity contribution is 4.80. The van der Waals surface area contributed by atoms with Crippen LogP contribution in [0, 0.1) is 5.92 Å². The number of rotatable bonds is 9. The summed E-state index contributed by atoms with van der Waals surface area (Å²) in [5, 5.41) is 0. The molecule has 0 spiro atoms. The molecule has 0 saturated heterocycles. The fraction of sp³-hybridized carbons (Fsp3) is 1.00. The normalized spacial score (nSPS) is 12.4. The summed E-state index contributed by atoms with van der Waals surface area (Å²) in [5.41, 5.74) is 5.94. The van der Waals surface area contributed by atoms with Gasteiger partial charge in [0.2, 0.25) is 0 Å². The standard InChI is InChI=1S/C12H27NO2/c1-5-12(13,6-2)10-15-8-7-14-9-11(3)4/h11H,5-10,13H2,1-4H3. The third kappa shape index (κ3) is 7.77. The van der Waals surface area contributed by atoms with Crippen LogP contribution in [-0.2, 0) is 9.47 Å². The molecule has 0 aromatic rings. The molecule has 0 saturated carbocycles. The molecule has 0 aromatic carbocycles. The quantitative estimate of drug-likeness (QED) is 0.602. The van der Waals surface area contributed by atoms with Crippen molar-refractivity contribution in [2.24, 2.45) is 11.7 Å². The van der Waals surface area contributed by atoms with Crippen LogP contribution < -0.4 is 5.73 Å². The average Bonchev–Trinajstić information content (AvgIpc) is 2.22. The zero-order valence-corrected chi connectivity index (χ0v) is 10.7. The third-order valence-corrected chi connectivity index (χ3v) is 2.62. The Bertz CT molecular complexity index is 145. The van der Waals surface area contributed by atoms with Gasteiger partial charge in [-0.2, -0.15) is 0 Å². The van der Waals surface area contributed by atoms with Crippen LogP contribution in [0.2, 0.25) is 0 Å². The summed E-state index contributed by atoms with van der Waals surface area (Å²) in [6.07, 6.45) is 1.91. The third-order valence-electron chi connectivity index (χ3n) is 2.62. The van der Waals surface area contributed by atoms with Gasteiger partial charge in [-0.05, 0) is 18.8 Å². The fourth-order valence-corrected chi connectivity index (χ4v) is 1.17. The molecule has 3 heteroatoms. The van der Waals surface area contributed by atoms with Gasteiger partial charge >= 0.3 is 0 Å². The van der Waals surface area contributed by atoms with Crippen molar-refractivity contribution >= 4 is 0 Å². The van der Waals surface area contributed by atoms with E-state index in [1.807, 2.05) is 0 Å². The highest BCUT2D eigenvalue weighted by Crippen LogP contribution is 2.11. The van der Waals surface area contributed by atoms with Gasteiger partial charge in [0, 0.05) is 12.1 Å². The van der Waals surface area contributed by atoms with Gasteiger partial charge in [0.25, 0.3) is 0 Å². The van der Waals surface area contributed by atoms with Gasteiger partial charge in [-0.3, -0.25) is 0 Å². The summed E-state index contributed by atoms with van der Waals surface area (Å²) in [7, 11) is 0. The molecule has 0 bridgehead atoms. The van der Waals surface area contributed by atoms with E-state index in [0.29, 0.717) is 25.7 Å². The minimum Gasteiger partial charge on any atom is -0.379 e. The van der Waals surface area contributed by atoms with E-state index in [1.165, 1.54) is 0 Å². The van der Waals surface area contributed by atoms with Crippen LogP contribution >= 0.6 is 0 Å². The first-order valence-electron chi connectivity index (χ1n) is 5.98. The van der Waals surface area contributed by atoms with E-state index in [4.69, 9.17) is 15.2 Å². The maximum Gasteiger partial charge on any atom is 0.0701 e. The van der Waals surface area contributed by atoms with E-state index in [2.05, 4.69) is 27.7 Å². The second-order valence-corrected chi connectivity index (χ2v) is 4.59. The molecule has 0 heterocycles. The highest BCUT2D eigenvalue weighted by Gasteiger charge is 2.19. The van der Waals surface area contributed by atoms with Crippen molar-refractivity contribution in [3.8, 4) is 0 Å². The highest BCUT2D eigenvalue weighted by atomic mass is 16.5. The van der Waals surface area contributed by atoms with Crippen molar-refractivity contribution in [3.05, 3.63) is 0 Å². The SMILES string of the molecule is CCC(N)(CC)COCCOCC(C)C. The topological polar surface area (TPSA) is 44.5 Å². The molecule has 0 aliphatic rings. The number of hydrogen-bond donors (Lipinski definition) is 1. The van der Waals surface area contributed by atoms with Crippen LogP contribution in [0.3, 0.4) is 0 Å². The maximum absolute atomic E-state index is 6.09. The van der Waals surface area contributed by atoms with E-state index in [-0.39, 0.29) is 5.54 Å². The molecule has 0 unspecified atom stereocenters. The van der Waals surface area contributed by atoms with E-state index >= 15 is 0 Å². The largest absolute Gasteiger partial charge is 0.379 e. The van der Waals surface area contributed by atoms with Crippen LogP contribution in [0.5, 0.6) is 0 Å². The Labute approximate surface area is 94.3 Å². The average molecular weight is 217 g/mol. The summed E-state index contributed by atoms with van der Waals surface area (Å²) < 4.78 is 10.9. The zero-order chi connectivity index (χ0) is 11.7. The minimum absolute atomic E-state index is 0.155. The Kier molecular flexibility index (Phi) is 8.02. The summed E-state index contributed by atoms with van der Waals surface area (Å²) in [4.78, 5) is 0. The van der Waals surface area contributed by atoms with E-state index in [1.54, 1.807) is 0 Å². The number of hydrogen-bond acceptors (Lipinski definition) is 3. The van der Waals surface area contributed by atoms with Crippen molar-refractivity contribution in [1.82, 2.24) is 0 Å². The van der Waals surface area contributed by atoms with Gasteiger partial charge in [-0.1, -0.05) is 27.7 Å². The molecule has 15 heavy (non-hydrogen) atoms. The lowest BCUT2D eigenvalue weighted by Crippen LogP contribution is -2.43. The van der Waals surface area contributed by atoms with Gasteiger partial charge in [0.05, 0.1) is 19.8 Å². The van der Waals surface area contributed by atoms with Gasteiger partial charge in [-0.15, -0.1) is 0 Å². The summed E-state index contributed by atoms with van der Waals surface area (Å²) in [6.45, 7) is 11.2. The molecule has 0 atom stereocenters. The first-order chi connectivity index (χ1) is 7.04. The Morgan fingerprint density at radius 3 is 2.07 bits per heavy atom. The van der Waals surface area contributed by atoms with E-state index in [0.717, 1.165) is 19.4 Å². The van der Waals surface area contributed by atoms with Crippen LogP contribution in [-0.4, -0.2) is 32.0 Å². The van der Waals surface area contributed by atoms with Crippen LogP contribution in [0.15, 0.2) is 0 Å². The van der Waals surface area contributed by atoms with Gasteiger partial charge in [0.1, 0.15) is 0 Å². The summed E-state index contributed by atoms with van der Waals surface area (Å²) in [5.74, 6) is 0.588. The Morgan fingerprint density at radius 1 is 1.07 bits per heavy atom. The van der Waals surface area contributed by atoms with Crippen LogP contribution in [0.4, 0.5) is 0 Å². The summed E-state index contributed by atoms with van der Waals surface area (Å²) >= 11 is 0. The molecule has 0 fully saturated rings. The Balaban J connectivity index is 3.37. The Morgan fingerprint density at radius 2 is 1.60 bits per heavy atom. The molecule has 0 aromatic heterocycles. The molecule has 0 radical (unpaired) electrons. The second kappa shape index (κ2) is 8.08. The molecule has 0 aliphatic carbocycles. The monoisotopic (exact) mass is 217 g/mol. The van der Waals surface area contributed by atoms with Crippen molar-refractivity contribution in [3.63, 3.8) is 0 Å². The number of nitrogens with two attached hydrogens (primary N) is 1. The lowest BCUT2D eigenvalue weighted by Gasteiger charge is -2.26. The minimum atomic E-state index is -0.155. The molecular formula is C12H27NO2. The first-order valence-corrected chi connectivity index (χ1v) is 5.98. The smallest absolute Gasteiger partial charge is 0.0701 e. The molecule has 0 rings (SSSR count). The van der Waals surface area contributed by atoms with Crippen LogP contribution in [0.1, 0.15) is 40.5 Å². The van der Waals surface area contributed by atoms with Crippen molar-refractivity contribution in [1.29, 1.82) is 0 Å². The molecule has 2 N–H and O–H groups in total. The molecule has 0 aliphatic heterocycles. The Hall–Kier alpha value is -0.120. The lowest BCUT2D eigenvalue weighted by molar-refractivity contribution is 0.0184. The lowest BCUT2D eigenvalue weighted by atomic mass is 9.96. The number of ether oxygens (including phenoxy) is 2. The van der Waals surface area contributed by atoms with Crippen molar-refractivity contribution in [2.45, 2.75) is 46.1 Å². The molecule has 3 nitrogen and oxygen atoms in total. The maximum atomic E-state index is 6.09. The van der Waals surface area contributed by atoms with Gasteiger partial charge < -0.3 is 15.2 Å². The van der Waals surface area contributed by atoms with E-state index < -0.39 is 0 Å². The van der Waals surface area contributed by atoms with Gasteiger partial charge in [-0.25, -0.2) is 0 Å². The van der Waals surface area contributed by atoms with Crippen LogP contribution in [0.25, 0.3) is 0 Å². The predicted octanol–water partition coefficient (Wildman–Crippen LogP) is 2.19. The van der Waals surface area contributed by atoms with Crippen molar-refractivity contribution < 1.29 is 9.47 Å². The predicted molar refractivity (Wildman–Crippen MR) is 64.0 cm³/mol. The van der Waals surface area contributed by atoms with Crippen molar-refractivity contribution in [2.75, 3.05) is 26.4 Å².